The summed E-state index contributed by atoms with van der Waals surface area (Å²) in [6, 6.07) is 6.16. The van der Waals surface area contributed by atoms with Crippen LogP contribution in [0.1, 0.15) is 55.8 Å². The van der Waals surface area contributed by atoms with Gasteiger partial charge in [-0.1, -0.05) is 18.2 Å². The van der Waals surface area contributed by atoms with E-state index >= 15 is 0 Å². The van der Waals surface area contributed by atoms with Gasteiger partial charge in [0.1, 0.15) is 0 Å². The van der Waals surface area contributed by atoms with Crippen molar-refractivity contribution in [3.63, 3.8) is 0 Å². The van der Waals surface area contributed by atoms with Gasteiger partial charge in [0.2, 0.25) is 0 Å². The second-order valence-electron chi connectivity index (χ2n) is 6.05. The molecular formula is C16H20F2O2. The van der Waals surface area contributed by atoms with E-state index in [2.05, 4.69) is 0 Å². The molecule has 1 spiro atoms. The number of ether oxygens (including phenoxy) is 1. The molecule has 2 fully saturated rings. The fraction of sp³-hybridized carbons (Fsp3) is 0.625. The fourth-order valence-corrected chi connectivity index (χ4v) is 3.41. The van der Waals surface area contributed by atoms with Crippen LogP contribution in [0, 0.1) is 5.92 Å². The molecule has 0 amide bonds. The average Bonchev–Trinajstić information content (AvgIpc) is 2.45. The lowest BCUT2D eigenvalue weighted by Crippen LogP contribution is -2.46. The highest BCUT2D eigenvalue weighted by Gasteiger charge is 2.44. The number of aliphatic hydroxyl groups excluding tert-OH is 1. The first kappa shape index (κ1) is 14.0. The number of benzene rings is 1. The molecule has 1 saturated carbocycles. The Bertz CT molecular complexity index is 471. The molecule has 1 heterocycles. The van der Waals surface area contributed by atoms with Gasteiger partial charge in [0.05, 0.1) is 11.7 Å². The lowest BCUT2D eigenvalue weighted by atomic mass is 9.70. The monoisotopic (exact) mass is 282 g/mol. The van der Waals surface area contributed by atoms with Gasteiger partial charge in [-0.25, -0.2) is 8.78 Å². The van der Waals surface area contributed by atoms with Gasteiger partial charge in [-0.2, -0.15) is 0 Å². The zero-order valence-corrected chi connectivity index (χ0v) is 11.4. The molecule has 2 atom stereocenters. The summed E-state index contributed by atoms with van der Waals surface area (Å²) in [5.74, 6) is 0.108. The van der Waals surface area contributed by atoms with Gasteiger partial charge in [0, 0.05) is 12.2 Å². The molecule has 4 heteroatoms. The maximum atomic E-state index is 12.7. The SMILES string of the molecule is OC(c1cccc(C(F)F)c1)C1CCOC2(CCC2)C1. The summed E-state index contributed by atoms with van der Waals surface area (Å²) in [4.78, 5) is 0. The van der Waals surface area contributed by atoms with Crippen molar-refractivity contribution in [3.05, 3.63) is 35.4 Å². The summed E-state index contributed by atoms with van der Waals surface area (Å²) in [5, 5.41) is 10.5. The van der Waals surface area contributed by atoms with Gasteiger partial charge in [-0.15, -0.1) is 0 Å². The Hall–Kier alpha value is -1.00. The highest BCUT2D eigenvalue weighted by molar-refractivity contribution is 5.26. The molecule has 2 aliphatic rings. The minimum absolute atomic E-state index is 0.0213. The smallest absolute Gasteiger partial charge is 0.263 e. The van der Waals surface area contributed by atoms with Crippen molar-refractivity contribution in [2.75, 3.05) is 6.61 Å². The predicted octanol–water partition coefficient (Wildman–Crippen LogP) is 4.01. The highest BCUT2D eigenvalue weighted by atomic mass is 19.3. The molecule has 1 aromatic rings. The first-order valence-electron chi connectivity index (χ1n) is 7.30. The van der Waals surface area contributed by atoms with E-state index in [0.717, 1.165) is 25.7 Å². The van der Waals surface area contributed by atoms with E-state index in [1.54, 1.807) is 12.1 Å². The van der Waals surface area contributed by atoms with Crippen molar-refractivity contribution in [1.82, 2.24) is 0 Å². The van der Waals surface area contributed by atoms with E-state index in [9.17, 15) is 13.9 Å². The van der Waals surface area contributed by atoms with E-state index in [1.807, 2.05) is 0 Å². The summed E-state index contributed by atoms with van der Waals surface area (Å²) >= 11 is 0. The van der Waals surface area contributed by atoms with E-state index in [-0.39, 0.29) is 17.1 Å². The molecule has 2 unspecified atom stereocenters. The van der Waals surface area contributed by atoms with E-state index in [4.69, 9.17) is 4.74 Å². The lowest BCUT2D eigenvalue weighted by molar-refractivity contribution is -0.157. The molecule has 1 N–H and O–H groups in total. The third-order valence-electron chi connectivity index (χ3n) is 4.75. The number of alkyl halides is 2. The molecule has 1 aromatic carbocycles. The van der Waals surface area contributed by atoms with Gasteiger partial charge < -0.3 is 9.84 Å². The van der Waals surface area contributed by atoms with Gasteiger partial charge in [0.25, 0.3) is 6.43 Å². The van der Waals surface area contributed by atoms with Crippen molar-refractivity contribution in [1.29, 1.82) is 0 Å². The van der Waals surface area contributed by atoms with E-state index < -0.39 is 12.5 Å². The van der Waals surface area contributed by atoms with Gasteiger partial charge in [-0.05, 0) is 49.7 Å². The molecule has 0 bridgehead atoms. The third kappa shape index (κ3) is 2.59. The quantitative estimate of drug-likeness (QED) is 0.907. The standard InChI is InChI=1S/C16H20F2O2/c17-15(18)12-4-1-3-11(9-12)14(19)13-5-8-20-16(10-13)6-2-7-16/h1,3-4,9,13-15,19H,2,5-8,10H2. The number of halogens is 2. The second kappa shape index (κ2) is 5.41. The summed E-state index contributed by atoms with van der Waals surface area (Å²) in [6.45, 7) is 0.663. The minimum Gasteiger partial charge on any atom is -0.388 e. The first-order chi connectivity index (χ1) is 9.60. The van der Waals surface area contributed by atoms with E-state index in [0.29, 0.717) is 12.2 Å². The van der Waals surface area contributed by atoms with Crippen molar-refractivity contribution in [2.45, 2.75) is 50.2 Å². The number of rotatable bonds is 3. The molecular weight excluding hydrogens is 262 g/mol. The van der Waals surface area contributed by atoms with Crippen molar-refractivity contribution in [3.8, 4) is 0 Å². The third-order valence-corrected chi connectivity index (χ3v) is 4.75. The van der Waals surface area contributed by atoms with Crippen LogP contribution in [0.5, 0.6) is 0 Å². The van der Waals surface area contributed by atoms with Crippen LogP contribution >= 0.6 is 0 Å². The molecule has 110 valence electrons. The number of aliphatic hydroxyl groups is 1. The molecule has 0 aromatic heterocycles. The topological polar surface area (TPSA) is 29.5 Å². The van der Waals surface area contributed by atoms with Crippen molar-refractivity contribution < 1.29 is 18.6 Å². The van der Waals surface area contributed by atoms with Crippen LogP contribution in [0.2, 0.25) is 0 Å². The van der Waals surface area contributed by atoms with Crippen LogP contribution in [-0.4, -0.2) is 17.3 Å². The first-order valence-corrected chi connectivity index (χ1v) is 7.30. The van der Waals surface area contributed by atoms with E-state index in [1.165, 1.54) is 18.6 Å². The maximum absolute atomic E-state index is 12.7. The lowest BCUT2D eigenvalue weighted by Gasteiger charge is -2.48. The molecule has 1 saturated heterocycles. The van der Waals surface area contributed by atoms with Crippen LogP contribution < -0.4 is 0 Å². The number of hydrogen-bond acceptors (Lipinski definition) is 2. The van der Waals surface area contributed by atoms with Gasteiger partial charge >= 0.3 is 0 Å². The fourth-order valence-electron chi connectivity index (χ4n) is 3.41. The Morgan fingerprint density at radius 2 is 2.00 bits per heavy atom. The average molecular weight is 282 g/mol. The molecule has 3 rings (SSSR count). The summed E-state index contributed by atoms with van der Waals surface area (Å²) in [5.41, 5.74) is 0.542. The van der Waals surface area contributed by atoms with Crippen LogP contribution in [0.25, 0.3) is 0 Å². The van der Waals surface area contributed by atoms with Crippen molar-refractivity contribution >= 4 is 0 Å². The Labute approximate surface area is 117 Å². The molecule has 1 aliphatic carbocycles. The van der Waals surface area contributed by atoms with Crippen LogP contribution in [0.4, 0.5) is 8.78 Å². The van der Waals surface area contributed by atoms with Crippen LogP contribution in [0.3, 0.4) is 0 Å². The predicted molar refractivity (Wildman–Crippen MR) is 71.6 cm³/mol. The summed E-state index contributed by atoms with van der Waals surface area (Å²) < 4.78 is 31.3. The molecule has 0 radical (unpaired) electrons. The highest BCUT2D eigenvalue weighted by Crippen LogP contribution is 2.47. The Kier molecular flexibility index (Phi) is 3.78. The summed E-state index contributed by atoms with van der Waals surface area (Å²) in [7, 11) is 0. The molecule has 1 aliphatic heterocycles. The summed E-state index contributed by atoms with van der Waals surface area (Å²) in [6.07, 6.45) is 1.78. The number of hydrogen-bond donors (Lipinski definition) is 1. The van der Waals surface area contributed by atoms with Crippen LogP contribution in [-0.2, 0) is 4.74 Å². The normalized spacial score (nSPS) is 26.5. The van der Waals surface area contributed by atoms with Crippen LogP contribution in [0.15, 0.2) is 24.3 Å². The zero-order valence-electron chi connectivity index (χ0n) is 11.4. The molecule has 20 heavy (non-hydrogen) atoms. The Morgan fingerprint density at radius 1 is 1.25 bits per heavy atom. The van der Waals surface area contributed by atoms with Gasteiger partial charge in [-0.3, -0.25) is 0 Å². The molecule has 2 nitrogen and oxygen atoms in total. The largest absolute Gasteiger partial charge is 0.388 e. The van der Waals surface area contributed by atoms with Crippen molar-refractivity contribution in [2.24, 2.45) is 5.92 Å². The van der Waals surface area contributed by atoms with Gasteiger partial charge in [0.15, 0.2) is 0 Å². The Morgan fingerprint density at radius 3 is 2.65 bits per heavy atom. The maximum Gasteiger partial charge on any atom is 0.263 e. The zero-order chi connectivity index (χ0) is 14.2. The minimum atomic E-state index is -2.49. The second-order valence-corrected chi connectivity index (χ2v) is 6.05. The Balaban J connectivity index is 1.74.